The molecule has 2 atom stereocenters. The predicted octanol–water partition coefficient (Wildman–Crippen LogP) is 0.899. The van der Waals surface area contributed by atoms with Gasteiger partial charge in [-0.2, -0.15) is 0 Å². The summed E-state index contributed by atoms with van der Waals surface area (Å²) in [5, 5.41) is 9.88. The minimum atomic E-state index is -3.74. The van der Waals surface area contributed by atoms with E-state index in [1.807, 2.05) is 0 Å². The van der Waals surface area contributed by atoms with E-state index >= 15 is 0 Å². The maximum absolute atomic E-state index is 12.1. The highest BCUT2D eigenvalue weighted by molar-refractivity contribution is 7.89. The van der Waals surface area contributed by atoms with Gasteiger partial charge in [0.05, 0.1) is 11.1 Å². The second-order valence-corrected chi connectivity index (χ2v) is 6.74. The first-order chi connectivity index (χ1) is 8.90. The first-order valence-electron chi connectivity index (χ1n) is 6.01. The van der Waals surface area contributed by atoms with Gasteiger partial charge >= 0.3 is 0 Å². The second kappa shape index (κ2) is 5.62. The Balaban J connectivity index is 2.19. The number of hydrogen-bond donors (Lipinski definition) is 3. The molecule has 0 aliphatic heterocycles. The number of nitrogens with two attached hydrogens (primary N) is 1. The molecular formula is C11H16ClN3O3S. The zero-order valence-electron chi connectivity index (χ0n) is 10.2. The fourth-order valence-electron chi connectivity index (χ4n) is 2.09. The van der Waals surface area contributed by atoms with Crippen molar-refractivity contribution in [2.24, 2.45) is 0 Å². The molecule has 1 aromatic heterocycles. The van der Waals surface area contributed by atoms with Crippen molar-refractivity contribution in [3.05, 3.63) is 17.3 Å². The molecule has 1 saturated carbocycles. The van der Waals surface area contributed by atoms with Gasteiger partial charge in [0.2, 0.25) is 10.0 Å². The Morgan fingerprint density at radius 1 is 1.42 bits per heavy atom. The molecule has 2 rings (SSSR count). The van der Waals surface area contributed by atoms with Gasteiger partial charge < -0.3 is 10.8 Å². The zero-order valence-corrected chi connectivity index (χ0v) is 11.8. The van der Waals surface area contributed by atoms with Crippen molar-refractivity contribution in [3.8, 4) is 0 Å². The summed E-state index contributed by atoms with van der Waals surface area (Å²) in [6, 6.07) is 0.789. The van der Waals surface area contributed by atoms with E-state index in [1.165, 1.54) is 6.07 Å². The molecule has 19 heavy (non-hydrogen) atoms. The molecule has 6 nitrogen and oxygen atoms in total. The van der Waals surface area contributed by atoms with Gasteiger partial charge in [-0.25, -0.2) is 18.1 Å². The first-order valence-corrected chi connectivity index (χ1v) is 7.87. The Morgan fingerprint density at radius 2 is 2.11 bits per heavy atom. The lowest BCUT2D eigenvalue weighted by Gasteiger charge is -2.28. The van der Waals surface area contributed by atoms with Crippen LogP contribution in [0.3, 0.4) is 0 Å². The summed E-state index contributed by atoms with van der Waals surface area (Å²) in [6.07, 6.45) is 3.53. The van der Waals surface area contributed by atoms with Crippen LogP contribution in [-0.2, 0) is 10.0 Å². The lowest BCUT2D eigenvalue weighted by Crippen LogP contribution is -2.44. The Morgan fingerprint density at radius 3 is 2.74 bits per heavy atom. The van der Waals surface area contributed by atoms with Crippen LogP contribution >= 0.6 is 11.6 Å². The van der Waals surface area contributed by atoms with Crippen LogP contribution in [0.2, 0.25) is 5.02 Å². The smallest absolute Gasteiger partial charge is 0.242 e. The van der Waals surface area contributed by atoms with E-state index < -0.39 is 22.2 Å². The summed E-state index contributed by atoms with van der Waals surface area (Å²) >= 11 is 5.76. The molecule has 1 heterocycles. The minimum absolute atomic E-state index is 0.0514. The number of halogens is 1. The molecular weight excluding hydrogens is 290 g/mol. The summed E-state index contributed by atoms with van der Waals surface area (Å²) in [7, 11) is -3.74. The number of anilines is 1. The van der Waals surface area contributed by atoms with Crippen molar-refractivity contribution in [1.82, 2.24) is 9.71 Å². The van der Waals surface area contributed by atoms with Gasteiger partial charge in [-0.1, -0.05) is 24.4 Å². The van der Waals surface area contributed by atoms with E-state index in [2.05, 4.69) is 9.71 Å². The third kappa shape index (κ3) is 3.36. The molecule has 106 valence electrons. The van der Waals surface area contributed by atoms with E-state index in [0.717, 1.165) is 19.0 Å². The quantitative estimate of drug-likeness (QED) is 0.769. The van der Waals surface area contributed by atoms with Crippen LogP contribution in [0.1, 0.15) is 25.7 Å². The van der Waals surface area contributed by atoms with Gasteiger partial charge in [0, 0.05) is 12.2 Å². The summed E-state index contributed by atoms with van der Waals surface area (Å²) in [5.74, 6) is 0.0818. The van der Waals surface area contributed by atoms with Gasteiger partial charge in [0.1, 0.15) is 10.7 Å². The molecule has 0 aromatic carbocycles. The van der Waals surface area contributed by atoms with E-state index in [-0.39, 0.29) is 15.7 Å². The van der Waals surface area contributed by atoms with Crippen LogP contribution in [-0.4, -0.2) is 30.7 Å². The maximum atomic E-state index is 12.1. The number of nitrogen functional groups attached to an aromatic ring is 1. The molecule has 8 heteroatoms. The van der Waals surface area contributed by atoms with Gasteiger partial charge in [0.15, 0.2) is 0 Å². The van der Waals surface area contributed by atoms with Gasteiger partial charge in [-0.3, -0.25) is 0 Å². The monoisotopic (exact) mass is 305 g/mol. The molecule has 4 N–H and O–H groups in total. The molecule has 0 saturated heterocycles. The Kier molecular flexibility index (Phi) is 4.29. The normalized spacial score (nSPS) is 24.3. The highest BCUT2D eigenvalue weighted by atomic mass is 35.5. The summed E-state index contributed by atoms with van der Waals surface area (Å²) in [5.41, 5.74) is 5.44. The molecule has 0 radical (unpaired) electrons. The number of nitrogens with one attached hydrogen (secondary N) is 1. The lowest BCUT2D eigenvalue weighted by molar-refractivity contribution is 0.101. The van der Waals surface area contributed by atoms with Crippen LogP contribution in [0.25, 0.3) is 0 Å². The number of rotatable bonds is 3. The Bertz CT molecular complexity index is 564. The molecule has 1 aliphatic carbocycles. The third-order valence-electron chi connectivity index (χ3n) is 3.19. The number of sulfonamides is 1. The largest absolute Gasteiger partial charge is 0.391 e. The van der Waals surface area contributed by atoms with Crippen molar-refractivity contribution in [1.29, 1.82) is 0 Å². The third-order valence-corrected chi connectivity index (χ3v) is 4.95. The topological polar surface area (TPSA) is 105 Å². The Labute approximate surface area is 117 Å². The lowest BCUT2D eigenvalue weighted by atomic mass is 9.93. The van der Waals surface area contributed by atoms with Crippen molar-refractivity contribution in [3.63, 3.8) is 0 Å². The minimum Gasteiger partial charge on any atom is -0.391 e. The number of hydrogen-bond acceptors (Lipinski definition) is 5. The second-order valence-electron chi connectivity index (χ2n) is 4.62. The molecule has 0 bridgehead atoms. The fourth-order valence-corrected chi connectivity index (χ4v) is 3.60. The highest BCUT2D eigenvalue weighted by Crippen LogP contribution is 2.23. The number of aromatic nitrogens is 1. The van der Waals surface area contributed by atoms with Crippen LogP contribution < -0.4 is 10.5 Å². The summed E-state index contributed by atoms with van der Waals surface area (Å²) in [4.78, 5) is 3.67. The first kappa shape index (κ1) is 14.5. The van der Waals surface area contributed by atoms with E-state index in [0.29, 0.717) is 12.8 Å². The van der Waals surface area contributed by atoms with Crippen LogP contribution in [0.4, 0.5) is 5.82 Å². The molecule has 1 aromatic rings. The number of pyridine rings is 1. The van der Waals surface area contributed by atoms with E-state index in [4.69, 9.17) is 17.3 Å². The summed E-state index contributed by atoms with van der Waals surface area (Å²) < 4.78 is 26.8. The summed E-state index contributed by atoms with van der Waals surface area (Å²) in [6.45, 7) is 0. The van der Waals surface area contributed by atoms with Gasteiger partial charge in [0.25, 0.3) is 0 Å². The molecule has 1 fully saturated rings. The average molecular weight is 306 g/mol. The van der Waals surface area contributed by atoms with E-state index in [1.54, 1.807) is 0 Å². The van der Waals surface area contributed by atoms with E-state index in [9.17, 15) is 13.5 Å². The number of nitrogens with zero attached hydrogens (tertiary/aromatic N) is 1. The molecule has 1 aliphatic rings. The zero-order chi connectivity index (χ0) is 14.0. The SMILES string of the molecule is Nc1ncc(S(=O)(=O)NC2CCCCC2O)cc1Cl. The molecule has 0 amide bonds. The van der Waals surface area contributed by atoms with Crippen LogP contribution in [0, 0.1) is 0 Å². The standard InChI is InChI=1S/C11H16ClN3O3S/c12-8-5-7(6-14-11(8)13)19(17,18)15-9-3-1-2-4-10(9)16/h5-6,9-10,15-16H,1-4H2,(H2,13,14). The predicted molar refractivity (Wildman–Crippen MR) is 72.2 cm³/mol. The van der Waals surface area contributed by atoms with Crippen molar-refractivity contribution in [2.75, 3.05) is 5.73 Å². The van der Waals surface area contributed by atoms with Crippen LogP contribution in [0.5, 0.6) is 0 Å². The maximum Gasteiger partial charge on any atom is 0.242 e. The number of aliphatic hydroxyl groups is 1. The Hall–Kier alpha value is -0.890. The highest BCUT2D eigenvalue weighted by Gasteiger charge is 2.28. The molecule has 0 spiro atoms. The van der Waals surface area contributed by atoms with Gasteiger partial charge in [-0.05, 0) is 18.9 Å². The average Bonchev–Trinajstić information content (AvgIpc) is 2.35. The fraction of sp³-hybridized carbons (Fsp3) is 0.545. The molecule has 2 unspecified atom stereocenters. The van der Waals surface area contributed by atoms with Crippen molar-refractivity contribution in [2.45, 2.75) is 42.7 Å². The number of aliphatic hydroxyl groups excluding tert-OH is 1. The van der Waals surface area contributed by atoms with Crippen molar-refractivity contribution < 1.29 is 13.5 Å². The van der Waals surface area contributed by atoms with Crippen molar-refractivity contribution >= 4 is 27.4 Å². The van der Waals surface area contributed by atoms with Crippen LogP contribution in [0.15, 0.2) is 17.2 Å². The van der Waals surface area contributed by atoms with Gasteiger partial charge in [-0.15, -0.1) is 0 Å².